The molecule has 0 aromatic heterocycles. The lowest BCUT2D eigenvalue weighted by molar-refractivity contribution is -0.142. The van der Waals surface area contributed by atoms with Crippen molar-refractivity contribution in [2.45, 2.75) is 19.8 Å². The minimum Gasteiger partial charge on any atom is -0.481 e. The van der Waals surface area contributed by atoms with Crippen LogP contribution in [-0.4, -0.2) is 24.2 Å². The van der Waals surface area contributed by atoms with Crippen LogP contribution >= 0.6 is 12.4 Å². The van der Waals surface area contributed by atoms with Gasteiger partial charge in [-0.3, -0.25) is 4.79 Å². The molecule has 2 atom stereocenters. The van der Waals surface area contributed by atoms with E-state index < -0.39 is 5.97 Å². The summed E-state index contributed by atoms with van der Waals surface area (Å²) in [6, 6.07) is 0. The van der Waals surface area contributed by atoms with Crippen molar-refractivity contribution in [1.29, 1.82) is 0 Å². The Balaban J connectivity index is 0.00000121. The fourth-order valence-corrected chi connectivity index (χ4v) is 1.70. The highest BCUT2D eigenvalue weighted by molar-refractivity contribution is 5.85. The lowest BCUT2D eigenvalue weighted by Gasteiger charge is -2.12. The molecule has 0 aromatic rings. The number of aliphatic carboxylic acids is 1. The fraction of sp³-hybridized carbons (Fsp3) is 0.875. The van der Waals surface area contributed by atoms with Crippen LogP contribution in [0.2, 0.25) is 0 Å². The van der Waals surface area contributed by atoms with Crippen LogP contribution in [0.15, 0.2) is 0 Å². The third-order valence-electron chi connectivity index (χ3n) is 2.32. The van der Waals surface area contributed by atoms with Crippen molar-refractivity contribution in [3.63, 3.8) is 0 Å². The van der Waals surface area contributed by atoms with Gasteiger partial charge in [-0.15, -0.1) is 12.4 Å². The SMILES string of the molecule is CCCC1CNCC1C(=O)O.Cl. The molecule has 1 heterocycles. The van der Waals surface area contributed by atoms with Crippen LogP contribution < -0.4 is 5.32 Å². The molecule has 12 heavy (non-hydrogen) atoms. The van der Waals surface area contributed by atoms with E-state index in [4.69, 9.17) is 5.11 Å². The molecule has 2 N–H and O–H groups in total. The summed E-state index contributed by atoms with van der Waals surface area (Å²) in [5, 5.41) is 11.9. The molecule has 0 spiro atoms. The van der Waals surface area contributed by atoms with Crippen molar-refractivity contribution in [2.75, 3.05) is 13.1 Å². The Bertz CT molecular complexity index is 152. The average molecular weight is 194 g/mol. The first-order chi connectivity index (χ1) is 5.25. The average Bonchev–Trinajstić information content (AvgIpc) is 2.36. The molecule has 3 nitrogen and oxygen atoms in total. The number of carboxylic acid groups (broad SMARTS) is 1. The fourth-order valence-electron chi connectivity index (χ4n) is 1.70. The molecule has 0 amide bonds. The molecule has 0 bridgehead atoms. The first kappa shape index (κ1) is 11.7. The quantitative estimate of drug-likeness (QED) is 0.707. The molecule has 1 aliphatic rings. The van der Waals surface area contributed by atoms with Gasteiger partial charge in [-0.25, -0.2) is 0 Å². The zero-order valence-electron chi connectivity index (χ0n) is 7.25. The number of hydrogen-bond donors (Lipinski definition) is 2. The molecular formula is C8H16ClNO2. The van der Waals surface area contributed by atoms with E-state index in [1.54, 1.807) is 0 Å². The molecule has 1 fully saturated rings. The number of nitrogens with one attached hydrogen (secondary N) is 1. The summed E-state index contributed by atoms with van der Waals surface area (Å²) >= 11 is 0. The predicted octanol–water partition coefficient (Wildman–Crippen LogP) is 1.13. The maximum atomic E-state index is 10.6. The Kier molecular flexibility index (Phi) is 5.25. The summed E-state index contributed by atoms with van der Waals surface area (Å²) in [4.78, 5) is 10.6. The highest BCUT2D eigenvalue weighted by atomic mass is 35.5. The molecule has 0 radical (unpaired) electrons. The summed E-state index contributed by atoms with van der Waals surface area (Å²) < 4.78 is 0. The normalized spacial score (nSPS) is 28.1. The third-order valence-corrected chi connectivity index (χ3v) is 2.32. The van der Waals surface area contributed by atoms with Gasteiger partial charge in [-0.05, 0) is 18.9 Å². The molecule has 4 heteroatoms. The lowest BCUT2D eigenvalue weighted by Crippen LogP contribution is -2.21. The van der Waals surface area contributed by atoms with Crippen molar-refractivity contribution < 1.29 is 9.90 Å². The maximum Gasteiger partial charge on any atom is 0.308 e. The van der Waals surface area contributed by atoms with Crippen LogP contribution in [-0.2, 0) is 4.79 Å². The molecular weight excluding hydrogens is 178 g/mol. The van der Waals surface area contributed by atoms with E-state index in [9.17, 15) is 4.79 Å². The smallest absolute Gasteiger partial charge is 0.308 e. The van der Waals surface area contributed by atoms with Gasteiger partial charge in [0.1, 0.15) is 0 Å². The summed E-state index contributed by atoms with van der Waals surface area (Å²) in [7, 11) is 0. The minimum atomic E-state index is -0.645. The zero-order valence-corrected chi connectivity index (χ0v) is 8.06. The largest absolute Gasteiger partial charge is 0.481 e. The van der Waals surface area contributed by atoms with Gasteiger partial charge in [-0.1, -0.05) is 13.3 Å². The number of rotatable bonds is 3. The first-order valence-electron chi connectivity index (χ1n) is 4.19. The lowest BCUT2D eigenvalue weighted by atomic mass is 9.92. The zero-order chi connectivity index (χ0) is 8.27. The van der Waals surface area contributed by atoms with Gasteiger partial charge in [-0.2, -0.15) is 0 Å². The van der Waals surface area contributed by atoms with Gasteiger partial charge in [0.15, 0.2) is 0 Å². The predicted molar refractivity (Wildman–Crippen MR) is 49.6 cm³/mol. The Morgan fingerprint density at radius 3 is 2.75 bits per heavy atom. The monoisotopic (exact) mass is 193 g/mol. The maximum absolute atomic E-state index is 10.6. The van der Waals surface area contributed by atoms with E-state index in [1.165, 1.54) is 0 Å². The van der Waals surface area contributed by atoms with Crippen LogP contribution in [0.1, 0.15) is 19.8 Å². The molecule has 0 saturated carbocycles. The molecule has 0 aliphatic carbocycles. The van der Waals surface area contributed by atoms with E-state index in [0.717, 1.165) is 19.4 Å². The third kappa shape index (κ3) is 2.64. The molecule has 1 aliphatic heterocycles. The van der Waals surface area contributed by atoms with Gasteiger partial charge in [0, 0.05) is 6.54 Å². The topological polar surface area (TPSA) is 49.3 Å². The van der Waals surface area contributed by atoms with E-state index in [1.807, 2.05) is 0 Å². The van der Waals surface area contributed by atoms with Crippen molar-refractivity contribution in [3.8, 4) is 0 Å². The van der Waals surface area contributed by atoms with Crippen molar-refractivity contribution >= 4 is 18.4 Å². The van der Waals surface area contributed by atoms with Gasteiger partial charge < -0.3 is 10.4 Å². The molecule has 1 rings (SSSR count). The van der Waals surface area contributed by atoms with Crippen LogP contribution in [0, 0.1) is 11.8 Å². The van der Waals surface area contributed by atoms with Gasteiger partial charge in [0.25, 0.3) is 0 Å². The van der Waals surface area contributed by atoms with Crippen LogP contribution in [0.25, 0.3) is 0 Å². The van der Waals surface area contributed by atoms with Crippen molar-refractivity contribution in [2.24, 2.45) is 11.8 Å². The van der Waals surface area contributed by atoms with E-state index in [2.05, 4.69) is 12.2 Å². The van der Waals surface area contributed by atoms with E-state index >= 15 is 0 Å². The van der Waals surface area contributed by atoms with Crippen molar-refractivity contribution in [3.05, 3.63) is 0 Å². The number of carboxylic acids is 1. The van der Waals surface area contributed by atoms with Gasteiger partial charge in [0.2, 0.25) is 0 Å². The Labute approximate surface area is 78.9 Å². The van der Waals surface area contributed by atoms with Crippen LogP contribution in [0.5, 0.6) is 0 Å². The molecule has 72 valence electrons. The summed E-state index contributed by atoms with van der Waals surface area (Å²) in [5.74, 6) is -0.430. The molecule has 0 aromatic carbocycles. The second-order valence-electron chi connectivity index (χ2n) is 3.15. The van der Waals surface area contributed by atoms with E-state index in [-0.39, 0.29) is 18.3 Å². The summed E-state index contributed by atoms with van der Waals surface area (Å²) in [5.41, 5.74) is 0. The molecule has 1 saturated heterocycles. The van der Waals surface area contributed by atoms with Gasteiger partial charge >= 0.3 is 5.97 Å². The number of halogens is 1. The summed E-state index contributed by atoms with van der Waals surface area (Å²) in [6.07, 6.45) is 2.11. The Hall–Kier alpha value is -0.280. The van der Waals surface area contributed by atoms with Crippen molar-refractivity contribution in [1.82, 2.24) is 5.32 Å². The number of hydrogen-bond acceptors (Lipinski definition) is 2. The Morgan fingerprint density at radius 2 is 2.25 bits per heavy atom. The molecule has 2 unspecified atom stereocenters. The highest BCUT2D eigenvalue weighted by Gasteiger charge is 2.31. The summed E-state index contributed by atoms with van der Waals surface area (Å²) in [6.45, 7) is 3.63. The first-order valence-corrected chi connectivity index (χ1v) is 4.19. The number of carbonyl (C=O) groups is 1. The second-order valence-corrected chi connectivity index (χ2v) is 3.15. The van der Waals surface area contributed by atoms with Crippen LogP contribution in [0.3, 0.4) is 0 Å². The van der Waals surface area contributed by atoms with E-state index in [0.29, 0.717) is 12.5 Å². The standard InChI is InChI=1S/C8H15NO2.ClH/c1-2-3-6-4-9-5-7(6)8(10)11;/h6-7,9H,2-5H2,1H3,(H,10,11);1H. The highest BCUT2D eigenvalue weighted by Crippen LogP contribution is 2.21. The van der Waals surface area contributed by atoms with Crippen LogP contribution in [0.4, 0.5) is 0 Å². The Morgan fingerprint density at radius 1 is 1.58 bits per heavy atom. The minimum absolute atomic E-state index is 0. The van der Waals surface area contributed by atoms with Gasteiger partial charge in [0.05, 0.1) is 5.92 Å². The second kappa shape index (κ2) is 5.38.